The molecule has 7 heteroatoms. The van der Waals surface area contributed by atoms with Gasteiger partial charge in [-0.25, -0.2) is 0 Å². The third-order valence-electron chi connectivity index (χ3n) is 2.65. The van der Waals surface area contributed by atoms with Crippen molar-refractivity contribution in [2.75, 3.05) is 18.5 Å². The second-order valence-electron chi connectivity index (χ2n) is 3.96. The van der Waals surface area contributed by atoms with Crippen molar-refractivity contribution in [2.24, 2.45) is 0 Å². The lowest BCUT2D eigenvalue weighted by molar-refractivity contribution is -0.383. The number of hydrogen-bond acceptors (Lipinski definition) is 6. The highest BCUT2D eigenvalue weighted by Gasteiger charge is 2.16. The fourth-order valence-electron chi connectivity index (χ4n) is 1.75. The Morgan fingerprint density at radius 3 is 2.75 bits per heavy atom. The number of carbonyl (C=O) groups excluding carboxylic acids is 1. The highest BCUT2D eigenvalue weighted by molar-refractivity contribution is 5.75. The molecule has 0 aliphatic heterocycles. The van der Waals surface area contributed by atoms with Gasteiger partial charge in [0.25, 0.3) is 5.69 Å². The van der Waals surface area contributed by atoms with E-state index in [1.807, 2.05) is 0 Å². The van der Waals surface area contributed by atoms with Crippen molar-refractivity contribution in [1.82, 2.24) is 0 Å². The van der Waals surface area contributed by atoms with Crippen molar-refractivity contribution in [3.05, 3.63) is 46.2 Å². The molecule has 1 heterocycles. The predicted octanol–water partition coefficient (Wildman–Crippen LogP) is 2.07. The molecule has 104 valence electrons. The van der Waals surface area contributed by atoms with E-state index in [9.17, 15) is 14.9 Å². The van der Waals surface area contributed by atoms with Gasteiger partial charge in [0.2, 0.25) is 0 Å². The first-order valence-electron chi connectivity index (χ1n) is 5.84. The Morgan fingerprint density at radius 2 is 2.15 bits per heavy atom. The van der Waals surface area contributed by atoms with Crippen molar-refractivity contribution in [3.63, 3.8) is 0 Å². The maximum absolute atomic E-state index is 11.0. The molecule has 2 N–H and O–H groups in total. The molecule has 0 aliphatic carbocycles. The molecule has 0 radical (unpaired) electrons. The van der Waals surface area contributed by atoms with E-state index in [1.165, 1.54) is 18.2 Å². The number of benzene rings is 1. The van der Waals surface area contributed by atoms with Gasteiger partial charge in [-0.3, -0.25) is 14.9 Å². The molecule has 0 bridgehead atoms. The number of aliphatic hydroxyl groups excluding tert-OH is 1. The van der Waals surface area contributed by atoms with Crippen LogP contribution in [0.15, 0.2) is 34.7 Å². The van der Waals surface area contributed by atoms with Gasteiger partial charge in [0.15, 0.2) is 12.0 Å². The van der Waals surface area contributed by atoms with E-state index in [2.05, 4.69) is 5.32 Å². The summed E-state index contributed by atoms with van der Waals surface area (Å²) in [5.74, 6) is 0.536. The lowest BCUT2D eigenvalue weighted by Gasteiger charge is -2.06. The monoisotopic (exact) mass is 276 g/mol. The maximum Gasteiger partial charge on any atom is 0.293 e. The molecule has 0 spiro atoms. The van der Waals surface area contributed by atoms with Crippen LogP contribution in [0.2, 0.25) is 0 Å². The van der Waals surface area contributed by atoms with Gasteiger partial charge in [-0.15, -0.1) is 0 Å². The molecule has 0 unspecified atom stereocenters. The van der Waals surface area contributed by atoms with Gasteiger partial charge in [-0.2, -0.15) is 0 Å². The molecule has 0 atom stereocenters. The standard InChI is InChI=1S/C13H12N2O5/c16-6-5-14-11-3-1-9(7-12(11)15(18)19)13-4-2-10(8-17)20-13/h1-4,7-8,14,16H,5-6H2. The van der Waals surface area contributed by atoms with Crippen LogP contribution < -0.4 is 5.32 Å². The summed E-state index contributed by atoms with van der Waals surface area (Å²) in [6.07, 6.45) is 0.565. The summed E-state index contributed by atoms with van der Waals surface area (Å²) in [5, 5.41) is 22.5. The number of aldehydes is 1. The number of aliphatic hydroxyl groups is 1. The number of anilines is 1. The first-order chi connectivity index (χ1) is 9.65. The van der Waals surface area contributed by atoms with Gasteiger partial charge >= 0.3 is 0 Å². The quantitative estimate of drug-likeness (QED) is 0.475. The molecule has 1 aromatic carbocycles. The van der Waals surface area contributed by atoms with Crippen LogP contribution in [0.25, 0.3) is 11.3 Å². The molecule has 0 aliphatic rings. The molecule has 0 fully saturated rings. The first-order valence-corrected chi connectivity index (χ1v) is 5.84. The minimum atomic E-state index is -0.521. The Balaban J connectivity index is 2.38. The fourth-order valence-corrected chi connectivity index (χ4v) is 1.75. The van der Waals surface area contributed by atoms with Crippen molar-refractivity contribution in [3.8, 4) is 11.3 Å². The van der Waals surface area contributed by atoms with Crippen LogP contribution in [0.1, 0.15) is 10.6 Å². The van der Waals surface area contributed by atoms with E-state index >= 15 is 0 Å². The van der Waals surface area contributed by atoms with Crippen LogP contribution in [-0.4, -0.2) is 29.5 Å². The highest BCUT2D eigenvalue weighted by atomic mass is 16.6. The van der Waals surface area contributed by atoms with Crippen LogP contribution >= 0.6 is 0 Å². The second-order valence-corrected chi connectivity index (χ2v) is 3.96. The van der Waals surface area contributed by atoms with Crippen LogP contribution in [0.4, 0.5) is 11.4 Å². The second kappa shape index (κ2) is 5.98. The molecule has 1 aromatic heterocycles. The molecule has 0 saturated carbocycles. The summed E-state index contributed by atoms with van der Waals surface area (Å²) < 4.78 is 5.22. The normalized spacial score (nSPS) is 10.2. The van der Waals surface area contributed by atoms with E-state index in [0.29, 0.717) is 23.3 Å². The maximum atomic E-state index is 11.0. The zero-order valence-electron chi connectivity index (χ0n) is 10.4. The van der Waals surface area contributed by atoms with Crippen LogP contribution in [0, 0.1) is 10.1 Å². The Labute approximate surface area is 114 Å². The Morgan fingerprint density at radius 1 is 1.35 bits per heavy atom. The van der Waals surface area contributed by atoms with E-state index in [1.54, 1.807) is 12.1 Å². The summed E-state index contributed by atoms with van der Waals surface area (Å²) in [6.45, 7) is 0.0933. The largest absolute Gasteiger partial charge is 0.453 e. The summed E-state index contributed by atoms with van der Waals surface area (Å²) >= 11 is 0. The van der Waals surface area contributed by atoms with Crippen molar-refractivity contribution in [1.29, 1.82) is 0 Å². The lowest BCUT2D eigenvalue weighted by Crippen LogP contribution is -2.07. The average Bonchev–Trinajstić information content (AvgIpc) is 2.93. The van der Waals surface area contributed by atoms with Gasteiger partial charge in [-0.1, -0.05) is 0 Å². The minimum absolute atomic E-state index is 0.125. The number of carbonyl (C=O) groups is 1. The minimum Gasteiger partial charge on any atom is -0.453 e. The third kappa shape index (κ3) is 2.83. The SMILES string of the molecule is O=Cc1ccc(-c2ccc(NCCO)c([N+](=O)[O-])c2)o1. The lowest BCUT2D eigenvalue weighted by atomic mass is 10.1. The molecule has 7 nitrogen and oxygen atoms in total. The molecular weight excluding hydrogens is 264 g/mol. The highest BCUT2D eigenvalue weighted by Crippen LogP contribution is 2.31. The van der Waals surface area contributed by atoms with Crippen molar-refractivity contribution >= 4 is 17.7 Å². The Hall–Kier alpha value is -2.67. The summed E-state index contributed by atoms with van der Waals surface area (Å²) in [4.78, 5) is 21.1. The number of nitrogens with one attached hydrogen (secondary N) is 1. The van der Waals surface area contributed by atoms with Crippen molar-refractivity contribution in [2.45, 2.75) is 0 Å². The van der Waals surface area contributed by atoms with E-state index in [4.69, 9.17) is 9.52 Å². The fraction of sp³-hybridized carbons (Fsp3) is 0.154. The van der Waals surface area contributed by atoms with E-state index in [-0.39, 0.29) is 24.6 Å². The topological polar surface area (TPSA) is 106 Å². The van der Waals surface area contributed by atoms with Crippen LogP contribution in [0.3, 0.4) is 0 Å². The number of nitro benzene ring substituents is 1. The molecule has 20 heavy (non-hydrogen) atoms. The summed E-state index contributed by atoms with van der Waals surface area (Å²) in [7, 11) is 0. The van der Waals surface area contributed by atoms with E-state index < -0.39 is 4.92 Å². The number of nitro groups is 1. The van der Waals surface area contributed by atoms with Gasteiger partial charge in [0, 0.05) is 18.2 Å². The smallest absolute Gasteiger partial charge is 0.293 e. The number of hydrogen-bond donors (Lipinski definition) is 2. The van der Waals surface area contributed by atoms with Crippen molar-refractivity contribution < 1.29 is 19.2 Å². The predicted molar refractivity (Wildman–Crippen MR) is 71.8 cm³/mol. The zero-order valence-corrected chi connectivity index (χ0v) is 10.4. The van der Waals surface area contributed by atoms with E-state index in [0.717, 1.165) is 0 Å². The molecule has 0 amide bonds. The Kier molecular flexibility index (Phi) is 4.11. The number of rotatable bonds is 6. The van der Waals surface area contributed by atoms with Gasteiger partial charge < -0.3 is 14.8 Å². The number of nitrogens with zero attached hydrogens (tertiary/aromatic N) is 1. The Bertz CT molecular complexity index is 635. The van der Waals surface area contributed by atoms with Crippen LogP contribution in [-0.2, 0) is 0 Å². The van der Waals surface area contributed by atoms with Gasteiger partial charge in [-0.05, 0) is 24.3 Å². The molecule has 2 rings (SSSR count). The summed E-state index contributed by atoms with van der Waals surface area (Å²) in [5.41, 5.74) is 0.689. The summed E-state index contributed by atoms with van der Waals surface area (Å²) in [6, 6.07) is 7.59. The molecular formula is C13H12N2O5. The third-order valence-corrected chi connectivity index (χ3v) is 2.65. The average molecular weight is 276 g/mol. The molecule has 2 aromatic rings. The van der Waals surface area contributed by atoms with Crippen LogP contribution in [0.5, 0.6) is 0 Å². The zero-order chi connectivity index (χ0) is 14.5. The van der Waals surface area contributed by atoms with Gasteiger partial charge in [0.05, 0.1) is 11.5 Å². The van der Waals surface area contributed by atoms with Gasteiger partial charge in [0.1, 0.15) is 11.4 Å². The number of furan rings is 1. The first kappa shape index (κ1) is 13.8. The molecule has 0 saturated heterocycles.